The van der Waals surface area contributed by atoms with E-state index in [1.807, 2.05) is 6.92 Å². The van der Waals surface area contributed by atoms with E-state index in [-0.39, 0.29) is 6.61 Å². The molecule has 1 atom stereocenters. The van der Waals surface area contributed by atoms with Crippen molar-refractivity contribution >= 4 is 0 Å². The Hall–Kier alpha value is -0.590. The highest BCUT2D eigenvalue weighted by molar-refractivity contribution is 4.97. The molecule has 0 saturated carbocycles. The summed E-state index contributed by atoms with van der Waals surface area (Å²) in [4.78, 5) is 0. The van der Waals surface area contributed by atoms with Gasteiger partial charge in [-0.3, -0.25) is 0 Å². The lowest BCUT2D eigenvalue weighted by molar-refractivity contribution is -0.00237. The summed E-state index contributed by atoms with van der Waals surface area (Å²) in [7, 11) is 0. The standard InChI is InChI=1S/C11H21NO2/c1-3-4-5-7-11(2,10-12)14-9-6-8-13/h13H,3-9H2,1-2H3. The second-order valence-corrected chi connectivity index (χ2v) is 3.73. The maximum Gasteiger partial charge on any atom is 0.151 e. The van der Waals surface area contributed by atoms with Crippen LogP contribution in [0.15, 0.2) is 0 Å². The monoisotopic (exact) mass is 199 g/mol. The van der Waals surface area contributed by atoms with Crippen LogP contribution in [0.5, 0.6) is 0 Å². The van der Waals surface area contributed by atoms with Gasteiger partial charge in [-0.25, -0.2) is 0 Å². The third-order valence-corrected chi connectivity index (χ3v) is 2.22. The molecule has 3 nitrogen and oxygen atoms in total. The van der Waals surface area contributed by atoms with Crippen LogP contribution in [0.2, 0.25) is 0 Å². The zero-order valence-corrected chi connectivity index (χ0v) is 9.25. The smallest absolute Gasteiger partial charge is 0.151 e. The number of aliphatic hydroxyl groups excluding tert-OH is 1. The topological polar surface area (TPSA) is 53.2 Å². The lowest BCUT2D eigenvalue weighted by Gasteiger charge is -2.21. The number of hydrogen-bond donors (Lipinski definition) is 1. The van der Waals surface area contributed by atoms with Crippen molar-refractivity contribution in [2.75, 3.05) is 13.2 Å². The molecule has 0 heterocycles. The van der Waals surface area contributed by atoms with E-state index in [9.17, 15) is 0 Å². The van der Waals surface area contributed by atoms with Gasteiger partial charge >= 0.3 is 0 Å². The molecule has 1 unspecified atom stereocenters. The first kappa shape index (κ1) is 13.4. The number of unbranched alkanes of at least 4 members (excludes halogenated alkanes) is 2. The van der Waals surface area contributed by atoms with Crippen LogP contribution in [0.3, 0.4) is 0 Å². The highest BCUT2D eigenvalue weighted by atomic mass is 16.5. The van der Waals surface area contributed by atoms with Gasteiger partial charge in [-0.15, -0.1) is 0 Å². The number of nitrogens with zero attached hydrogens (tertiary/aromatic N) is 1. The van der Waals surface area contributed by atoms with Gasteiger partial charge in [0.25, 0.3) is 0 Å². The predicted molar refractivity (Wildman–Crippen MR) is 55.8 cm³/mol. The van der Waals surface area contributed by atoms with Crippen molar-refractivity contribution in [2.45, 2.75) is 51.6 Å². The Balaban J connectivity index is 3.75. The first-order valence-electron chi connectivity index (χ1n) is 5.34. The van der Waals surface area contributed by atoms with E-state index in [2.05, 4.69) is 13.0 Å². The summed E-state index contributed by atoms with van der Waals surface area (Å²) in [6.07, 6.45) is 4.70. The molecule has 0 bridgehead atoms. The van der Waals surface area contributed by atoms with Gasteiger partial charge < -0.3 is 9.84 Å². The lowest BCUT2D eigenvalue weighted by atomic mass is 10.00. The van der Waals surface area contributed by atoms with Crippen LogP contribution in [0, 0.1) is 11.3 Å². The fourth-order valence-electron chi connectivity index (χ4n) is 1.23. The summed E-state index contributed by atoms with van der Waals surface area (Å²) >= 11 is 0. The first-order valence-corrected chi connectivity index (χ1v) is 5.34. The Bertz CT molecular complexity index is 165. The van der Waals surface area contributed by atoms with E-state index >= 15 is 0 Å². The average molecular weight is 199 g/mol. The zero-order valence-electron chi connectivity index (χ0n) is 9.25. The summed E-state index contributed by atoms with van der Waals surface area (Å²) in [5, 5.41) is 17.5. The van der Waals surface area contributed by atoms with Crippen molar-refractivity contribution in [3.63, 3.8) is 0 Å². The lowest BCUT2D eigenvalue weighted by Crippen LogP contribution is -2.27. The third-order valence-electron chi connectivity index (χ3n) is 2.22. The molecule has 14 heavy (non-hydrogen) atoms. The van der Waals surface area contributed by atoms with Crippen LogP contribution >= 0.6 is 0 Å². The number of hydrogen-bond acceptors (Lipinski definition) is 3. The molecular weight excluding hydrogens is 178 g/mol. The molecule has 0 saturated heterocycles. The van der Waals surface area contributed by atoms with Gasteiger partial charge in [0, 0.05) is 6.61 Å². The van der Waals surface area contributed by atoms with Crippen LogP contribution in [0.4, 0.5) is 0 Å². The third kappa shape index (κ3) is 5.95. The van der Waals surface area contributed by atoms with Crippen molar-refractivity contribution in [3.05, 3.63) is 0 Å². The predicted octanol–water partition coefficient (Wildman–Crippen LogP) is 2.25. The SMILES string of the molecule is CCCCCC(C)(C#N)OCCCO. The van der Waals surface area contributed by atoms with Crippen LogP contribution < -0.4 is 0 Å². The van der Waals surface area contributed by atoms with Gasteiger partial charge in [0.1, 0.15) is 0 Å². The molecule has 82 valence electrons. The second-order valence-electron chi connectivity index (χ2n) is 3.73. The summed E-state index contributed by atoms with van der Waals surface area (Å²) in [5.41, 5.74) is -0.662. The van der Waals surface area contributed by atoms with Crippen LogP contribution in [-0.4, -0.2) is 23.9 Å². The molecule has 0 aliphatic carbocycles. The minimum Gasteiger partial charge on any atom is -0.396 e. The van der Waals surface area contributed by atoms with Gasteiger partial charge in [0.2, 0.25) is 0 Å². The second kappa shape index (κ2) is 7.78. The van der Waals surface area contributed by atoms with E-state index in [1.54, 1.807) is 0 Å². The molecular formula is C11H21NO2. The van der Waals surface area contributed by atoms with Crippen LogP contribution in [0.25, 0.3) is 0 Å². The van der Waals surface area contributed by atoms with Gasteiger partial charge in [-0.2, -0.15) is 5.26 Å². The Kier molecular flexibility index (Phi) is 7.45. The minimum atomic E-state index is -0.662. The van der Waals surface area contributed by atoms with Crippen molar-refractivity contribution in [1.82, 2.24) is 0 Å². The average Bonchev–Trinajstić information content (AvgIpc) is 2.19. The van der Waals surface area contributed by atoms with E-state index in [0.29, 0.717) is 13.0 Å². The molecule has 0 aromatic carbocycles. The molecule has 0 aromatic heterocycles. The molecule has 3 heteroatoms. The Morgan fingerprint density at radius 3 is 2.57 bits per heavy atom. The number of rotatable bonds is 8. The van der Waals surface area contributed by atoms with Crippen LogP contribution in [-0.2, 0) is 4.74 Å². The molecule has 0 rings (SSSR count). The van der Waals surface area contributed by atoms with Crippen molar-refractivity contribution in [2.24, 2.45) is 0 Å². The zero-order chi connectivity index (χ0) is 10.9. The highest BCUT2D eigenvalue weighted by Gasteiger charge is 2.23. The molecule has 0 aliphatic rings. The number of nitriles is 1. The summed E-state index contributed by atoms with van der Waals surface area (Å²) in [6, 6.07) is 2.19. The fraction of sp³-hybridized carbons (Fsp3) is 0.909. The van der Waals surface area contributed by atoms with Crippen LogP contribution in [0.1, 0.15) is 46.0 Å². The number of aliphatic hydroxyl groups is 1. The number of ether oxygens (including phenoxy) is 1. The molecule has 1 N–H and O–H groups in total. The largest absolute Gasteiger partial charge is 0.396 e. The summed E-state index contributed by atoms with van der Waals surface area (Å²) in [5.74, 6) is 0. The van der Waals surface area contributed by atoms with Gasteiger partial charge in [-0.05, 0) is 26.2 Å². The Morgan fingerprint density at radius 1 is 1.36 bits per heavy atom. The fourth-order valence-corrected chi connectivity index (χ4v) is 1.23. The highest BCUT2D eigenvalue weighted by Crippen LogP contribution is 2.18. The molecule has 0 aliphatic heterocycles. The maximum absolute atomic E-state index is 8.95. The van der Waals surface area contributed by atoms with E-state index in [0.717, 1.165) is 25.7 Å². The van der Waals surface area contributed by atoms with E-state index in [4.69, 9.17) is 15.1 Å². The summed E-state index contributed by atoms with van der Waals surface area (Å²) in [6.45, 7) is 4.54. The molecule has 0 amide bonds. The van der Waals surface area contributed by atoms with Gasteiger partial charge in [-0.1, -0.05) is 19.8 Å². The Labute approximate surface area is 86.7 Å². The summed E-state index contributed by atoms with van der Waals surface area (Å²) < 4.78 is 5.44. The normalized spacial score (nSPS) is 14.7. The maximum atomic E-state index is 8.95. The molecule has 0 radical (unpaired) electrons. The quantitative estimate of drug-likeness (QED) is 0.610. The van der Waals surface area contributed by atoms with Gasteiger partial charge in [0.05, 0.1) is 12.7 Å². The van der Waals surface area contributed by atoms with E-state index < -0.39 is 5.60 Å². The minimum absolute atomic E-state index is 0.121. The van der Waals surface area contributed by atoms with Crippen molar-refractivity contribution in [1.29, 1.82) is 5.26 Å². The van der Waals surface area contributed by atoms with Gasteiger partial charge in [0.15, 0.2) is 5.60 Å². The molecule has 0 spiro atoms. The Morgan fingerprint density at radius 2 is 2.07 bits per heavy atom. The van der Waals surface area contributed by atoms with E-state index in [1.165, 1.54) is 0 Å². The molecule has 0 aromatic rings. The first-order chi connectivity index (χ1) is 6.68. The van der Waals surface area contributed by atoms with Crippen molar-refractivity contribution in [3.8, 4) is 6.07 Å². The van der Waals surface area contributed by atoms with Crippen molar-refractivity contribution < 1.29 is 9.84 Å². The molecule has 0 fully saturated rings.